The minimum atomic E-state index is 0.759. The van der Waals surface area contributed by atoms with Crippen LogP contribution in [0.4, 0.5) is 0 Å². The van der Waals surface area contributed by atoms with Gasteiger partial charge in [0.25, 0.3) is 0 Å². The highest BCUT2D eigenvalue weighted by molar-refractivity contribution is 5.84. The maximum absolute atomic E-state index is 5.88. The third-order valence-corrected chi connectivity index (χ3v) is 4.13. The van der Waals surface area contributed by atoms with E-state index in [1.807, 2.05) is 33.9 Å². The Kier molecular flexibility index (Phi) is 9.50. The molecule has 0 bridgehead atoms. The smallest absolute Gasteiger partial charge is 0.121 e. The number of benzene rings is 1. The zero-order chi connectivity index (χ0) is 17.9. The highest BCUT2D eigenvalue weighted by atomic mass is 16.5. The van der Waals surface area contributed by atoms with Gasteiger partial charge in [-0.1, -0.05) is 27.7 Å². The van der Waals surface area contributed by atoms with Crippen LogP contribution >= 0.6 is 0 Å². The van der Waals surface area contributed by atoms with Gasteiger partial charge < -0.3 is 14.6 Å². The minimum absolute atomic E-state index is 0.759. The van der Waals surface area contributed by atoms with Gasteiger partial charge in [-0.15, -0.1) is 0 Å². The number of aromatic amines is 1. The second-order valence-corrected chi connectivity index (χ2v) is 5.67. The fourth-order valence-corrected chi connectivity index (χ4v) is 2.70. The van der Waals surface area contributed by atoms with Crippen LogP contribution < -0.4 is 4.74 Å². The predicted molar refractivity (Wildman–Crippen MR) is 105 cm³/mol. The molecule has 4 heteroatoms. The van der Waals surface area contributed by atoms with E-state index < -0.39 is 0 Å². The number of nitrogens with zero attached hydrogens (tertiary/aromatic N) is 2. The van der Waals surface area contributed by atoms with Crippen molar-refractivity contribution >= 4 is 10.9 Å². The molecule has 0 aliphatic carbocycles. The molecule has 0 unspecified atom stereocenters. The van der Waals surface area contributed by atoms with Crippen LogP contribution in [0.15, 0.2) is 24.4 Å². The standard InChI is InChI=1S/C16H23N3O.2C2H6/c1-13-12-17-16-11-14(3-4-15(13)16)20-10-9-19-7-5-18(2)6-8-19;2*1-2/h3-4,11-12,17H,5-10H2,1-2H3;2*1-2H3. The molecule has 1 fully saturated rings. The topological polar surface area (TPSA) is 31.5 Å². The van der Waals surface area contributed by atoms with Gasteiger partial charge in [0, 0.05) is 55.9 Å². The number of nitrogens with one attached hydrogen (secondary N) is 1. The number of aromatic nitrogens is 1. The van der Waals surface area contributed by atoms with Crippen molar-refractivity contribution in [2.24, 2.45) is 0 Å². The average Bonchev–Trinajstić information content (AvgIpc) is 3.01. The molecule has 136 valence electrons. The van der Waals surface area contributed by atoms with Crippen LogP contribution in [0.25, 0.3) is 10.9 Å². The van der Waals surface area contributed by atoms with Crippen molar-refractivity contribution in [3.8, 4) is 5.75 Å². The van der Waals surface area contributed by atoms with E-state index in [2.05, 4.69) is 47.0 Å². The molecule has 1 aromatic carbocycles. The van der Waals surface area contributed by atoms with Crippen molar-refractivity contribution < 1.29 is 4.74 Å². The van der Waals surface area contributed by atoms with E-state index >= 15 is 0 Å². The lowest BCUT2D eigenvalue weighted by Crippen LogP contribution is -2.45. The Balaban J connectivity index is 0.000000671. The van der Waals surface area contributed by atoms with Gasteiger partial charge in [0.2, 0.25) is 0 Å². The largest absolute Gasteiger partial charge is 0.492 e. The highest BCUT2D eigenvalue weighted by Gasteiger charge is 2.13. The number of rotatable bonds is 4. The van der Waals surface area contributed by atoms with Crippen LogP contribution in [-0.4, -0.2) is 61.2 Å². The lowest BCUT2D eigenvalue weighted by atomic mass is 10.2. The SMILES string of the molecule is CC.CC.Cc1c[nH]c2cc(OCCN3CCN(C)CC3)ccc12. The van der Waals surface area contributed by atoms with Gasteiger partial charge in [0.15, 0.2) is 0 Å². The number of likely N-dealkylation sites (N-methyl/N-ethyl adjacent to an activating group) is 1. The number of aryl methyl sites for hydroxylation is 1. The number of fused-ring (bicyclic) bond motifs is 1. The van der Waals surface area contributed by atoms with Gasteiger partial charge in [-0.3, -0.25) is 4.90 Å². The molecule has 0 amide bonds. The lowest BCUT2D eigenvalue weighted by Gasteiger charge is -2.32. The van der Waals surface area contributed by atoms with Crippen molar-refractivity contribution in [1.29, 1.82) is 0 Å². The molecule has 0 saturated carbocycles. The van der Waals surface area contributed by atoms with Crippen LogP contribution in [0.2, 0.25) is 0 Å². The number of piperazine rings is 1. The molecule has 2 aromatic rings. The van der Waals surface area contributed by atoms with E-state index in [1.54, 1.807) is 0 Å². The Hall–Kier alpha value is -1.52. The summed E-state index contributed by atoms with van der Waals surface area (Å²) < 4.78 is 5.88. The molecule has 1 N–H and O–H groups in total. The van der Waals surface area contributed by atoms with Crippen LogP contribution in [0.3, 0.4) is 0 Å². The third-order valence-electron chi connectivity index (χ3n) is 4.13. The van der Waals surface area contributed by atoms with Gasteiger partial charge in [-0.25, -0.2) is 0 Å². The number of H-pyrrole nitrogens is 1. The summed E-state index contributed by atoms with van der Waals surface area (Å²) in [6.07, 6.45) is 2.04. The monoisotopic (exact) mass is 333 g/mol. The van der Waals surface area contributed by atoms with E-state index in [0.717, 1.165) is 50.6 Å². The molecule has 2 heterocycles. The van der Waals surface area contributed by atoms with Gasteiger partial charge in [-0.2, -0.15) is 0 Å². The molecular formula is C20H35N3O. The molecule has 1 saturated heterocycles. The fourth-order valence-electron chi connectivity index (χ4n) is 2.70. The summed E-state index contributed by atoms with van der Waals surface area (Å²) in [6.45, 7) is 16.5. The summed E-state index contributed by atoms with van der Waals surface area (Å²) in [5.74, 6) is 0.952. The Morgan fingerprint density at radius 1 is 1.04 bits per heavy atom. The maximum atomic E-state index is 5.88. The number of hydrogen-bond donors (Lipinski definition) is 1. The summed E-state index contributed by atoms with van der Waals surface area (Å²) in [4.78, 5) is 8.12. The molecule has 1 aliphatic heterocycles. The third kappa shape index (κ3) is 5.84. The average molecular weight is 334 g/mol. The lowest BCUT2D eigenvalue weighted by molar-refractivity contribution is 0.134. The summed E-state index contributed by atoms with van der Waals surface area (Å²) in [6, 6.07) is 6.28. The number of hydrogen-bond acceptors (Lipinski definition) is 3. The van der Waals surface area contributed by atoms with Crippen molar-refractivity contribution in [2.45, 2.75) is 34.6 Å². The Morgan fingerprint density at radius 2 is 1.71 bits per heavy atom. The molecule has 24 heavy (non-hydrogen) atoms. The van der Waals surface area contributed by atoms with Crippen LogP contribution in [0.5, 0.6) is 5.75 Å². The zero-order valence-electron chi connectivity index (χ0n) is 16.4. The van der Waals surface area contributed by atoms with Crippen molar-refractivity contribution in [3.63, 3.8) is 0 Å². The maximum Gasteiger partial charge on any atom is 0.121 e. The first-order valence-electron chi connectivity index (χ1n) is 9.34. The van der Waals surface area contributed by atoms with Crippen molar-refractivity contribution in [3.05, 3.63) is 30.0 Å². The highest BCUT2D eigenvalue weighted by Crippen LogP contribution is 2.22. The molecule has 0 radical (unpaired) electrons. The summed E-state index contributed by atoms with van der Waals surface area (Å²) in [5, 5.41) is 1.27. The van der Waals surface area contributed by atoms with Gasteiger partial charge in [0.05, 0.1) is 0 Å². The van der Waals surface area contributed by atoms with Crippen LogP contribution in [0, 0.1) is 6.92 Å². The van der Waals surface area contributed by atoms with E-state index in [-0.39, 0.29) is 0 Å². The zero-order valence-corrected chi connectivity index (χ0v) is 16.4. The molecule has 4 nitrogen and oxygen atoms in total. The normalized spacial score (nSPS) is 15.2. The minimum Gasteiger partial charge on any atom is -0.492 e. The summed E-state index contributed by atoms with van der Waals surface area (Å²) in [5.41, 5.74) is 2.43. The van der Waals surface area contributed by atoms with E-state index in [4.69, 9.17) is 4.74 Å². The fraction of sp³-hybridized carbons (Fsp3) is 0.600. The Labute approximate surface area is 147 Å². The van der Waals surface area contributed by atoms with Gasteiger partial charge in [-0.05, 0) is 31.7 Å². The summed E-state index contributed by atoms with van der Waals surface area (Å²) >= 11 is 0. The molecular weight excluding hydrogens is 298 g/mol. The van der Waals surface area contributed by atoms with E-state index in [1.165, 1.54) is 10.9 Å². The molecule has 3 rings (SSSR count). The molecule has 0 atom stereocenters. The quantitative estimate of drug-likeness (QED) is 0.912. The summed E-state index contributed by atoms with van der Waals surface area (Å²) in [7, 11) is 2.18. The predicted octanol–water partition coefficient (Wildman–Crippen LogP) is 4.15. The van der Waals surface area contributed by atoms with E-state index in [0.29, 0.717) is 0 Å². The Bertz CT molecular complexity index is 571. The second-order valence-electron chi connectivity index (χ2n) is 5.67. The molecule has 1 aliphatic rings. The molecule has 1 aromatic heterocycles. The Morgan fingerprint density at radius 3 is 2.38 bits per heavy atom. The second kappa shape index (κ2) is 11.1. The van der Waals surface area contributed by atoms with Gasteiger partial charge >= 0.3 is 0 Å². The first-order valence-corrected chi connectivity index (χ1v) is 9.34. The molecule has 0 spiro atoms. The number of ether oxygens (including phenoxy) is 1. The van der Waals surface area contributed by atoms with Crippen molar-refractivity contribution in [2.75, 3.05) is 46.4 Å². The van der Waals surface area contributed by atoms with Crippen molar-refractivity contribution in [1.82, 2.24) is 14.8 Å². The van der Waals surface area contributed by atoms with Crippen LogP contribution in [-0.2, 0) is 0 Å². The van der Waals surface area contributed by atoms with Gasteiger partial charge in [0.1, 0.15) is 12.4 Å². The van der Waals surface area contributed by atoms with Crippen LogP contribution in [0.1, 0.15) is 33.3 Å². The first-order chi connectivity index (χ1) is 11.7. The first kappa shape index (κ1) is 20.5. The van der Waals surface area contributed by atoms with E-state index in [9.17, 15) is 0 Å².